The molecule has 1 aliphatic carbocycles. The van der Waals surface area contributed by atoms with Crippen molar-refractivity contribution in [2.45, 2.75) is 51.4 Å². The van der Waals surface area contributed by atoms with Crippen molar-refractivity contribution in [3.8, 4) is 0 Å². The predicted octanol–water partition coefficient (Wildman–Crippen LogP) is 3.66. The Morgan fingerprint density at radius 3 is 2.35 bits per heavy atom. The summed E-state index contributed by atoms with van der Waals surface area (Å²) in [6.45, 7) is 6.64. The second-order valence-electron chi connectivity index (χ2n) is 8.93. The number of aryl methyl sites for hydroxylation is 2. The maximum absolute atomic E-state index is 12.9. The zero-order valence-corrected chi connectivity index (χ0v) is 18.5. The van der Waals surface area contributed by atoms with E-state index in [1.165, 1.54) is 30.4 Å². The number of urea groups is 1. The lowest BCUT2D eigenvalue weighted by Gasteiger charge is -2.40. The first-order valence-corrected chi connectivity index (χ1v) is 11.3. The van der Waals surface area contributed by atoms with Crippen LogP contribution in [-0.2, 0) is 5.41 Å². The summed E-state index contributed by atoms with van der Waals surface area (Å²) in [5.41, 5.74) is 3.37. The molecule has 1 saturated carbocycles. The van der Waals surface area contributed by atoms with Crippen molar-refractivity contribution in [2.24, 2.45) is 0 Å². The van der Waals surface area contributed by atoms with Gasteiger partial charge in [0.2, 0.25) is 5.76 Å². The number of amides is 3. The van der Waals surface area contributed by atoms with Gasteiger partial charge in [0.1, 0.15) is 0 Å². The number of carbonyl (C=O) groups is 2. The van der Waals surface area contributed by atoms with Crippen LogP contribution in [0.4, 0.5) is 4.79 Å². The maximum atomic E-state index is 12.9. The predicted molar refractivity (Wildman–Crippen MR) is 118 cm³/mol. The molecule has 4 rings (SSSR count). The highest BCUT2D eigenvalue weighted by atomic mass is 16.5. The van der Waals surface area contributed by atoms with Crippen molar-refractivity contribution in [1.29, 1.82) is 0 Å². The summed E-state index contributed by atoms with van der Waals surface area (Å²) in [7, 11) is 0. The van der Waals surface area contributed by atoms with Crippen LogP contribution in [0.5, 0.6) is 0 Å². The lowest BCUT2D eigenvalue weighted by Crippen LogP contribution is -2.54. The molecule has 3 amide bonds. The molecular formula is C24H32N4O3. The highest BCUT2D eigenvalue weighted by molar-refractivity contribution is 5.91. The van der Waals surface area contributed by atoms with Crippen LogP contribution in [0, 0.1) is 13.8 Å². The first kappa shape index (κ1) is 21.4. The minimum Gasteiger partial charge on any atom is -0.351 e. The summed E-state index contributed by atoms with van der Waals surface area (Å²) < 4.78 is 5.09. The van der Waals surface area contributed by atoms with Gasteiger partial charge in [-0.05, 0) is 37.8 Å². The Morgan fingerprint density at radius 2 is 1.71 bits per heavy atom. The van der Waals surface area contributed by atoms with E-state index in [9.17, 15) is 9.59 Å². The largest absolute Gasteiger partial charge is 0.351 e. The van der Waals surface area contributed by atoms with Crippen LogP contribution in [0.2, 0.25) is 0 Å². The van der Waals surface area contributed by atoms with Crippen LogP contribution in [0.3, 0.4) is 0 Å². The van der Waals surface area contributed by atoms with Crippen LogP contribution >= 0.6 is 0 Å². The van der Waals surface area contributed by atoms with Gasteiger partial charge in [-0.3, -0.25) is 4.79 Å². The molecule has 1 aromatic carbocycles. The van der Waals surface area contributed by atoms with Crippen molar-refractivity contribution in [3.63, 3.8) is 0 Å². The summed E-state index contributed by atoms with van der Waals surface area (Å²) in [5.74, 6) is 0.0919. The van der Waals surface area contributed by atoms with E-state index in [4.69, 9.17) is 4.52 Å². The van der Waals surface area contributed by atoms with Crippen molar-refractivity contribution >= 4 is 11.9 Å². The average molecular weight is 425 g/mol. The molecule has 0 bridgehead atoms. The second-order valence-corrected chi connectivity index (χ2v) is 8.93. The smallest absolute Gasteiger partial charge is 0.317 e. The summed E-state index contributed by atoms with van der Waals surface area (Å²) >= 11 is 0. The van der Waals surface area contributed by atoms with Gasteiger partial charge in [0.05, 0.1) is 5.69 Å². The Balaban J connectivity index is 1.35. The third kappa shape index (κ3) is 4.60. The summed E-state index contributed by atoms with van der Waals surface area (Å²) in [4.78, 5) is 29.0. The van der Waals surface area contributed by atoms with E-state index < -0.39 is 0 Å². The topological polar surface area (TPSA) is 78.7 Å². The van der Waals surface area contributed by atoms with E-state index in [-0.39, 0.29) is 23.1 Å². The average Bonchev–Trinajstić information content (AvgIpc) is 3.24. The van der Waals surface area contributed by atoms with E-state index >= 15 is 0 Å². The van der Waals surface area contributed by atoms with Gasteiger partial charge in [-0.1, -0.05) is 48.7 Å². The number of hydrogen-bond donors (Lipinski definition) is 1. The van der Waals surface area contributed by atoms with Crippen molar-refractivity contribution in [3.05, 3.63) is 52.9 Å². The Bertz CT molecular complexity index is 924. The SMILES string of the molecule is Cc1cc(C(=O)N2CCN(C(=O)NCC3(c4ccccc4C)CCCCC3)CC2)on1. The molecule has 31 heavy (non-hydrogen) atoms. The fourth-order valence-electron chi connectivity index (χ4n) is 5.03. The summed E-state index contributed by atoms with van der Waals surface area (Å²) in [5, 5.41) is 7.01. The Morgan fingerprint density at radius 1 is 1.03 bits per heavy atom. The van der Waals surface area contributed by atoms with E-state index in [0.717, 1.165) is 12.8 Å². The number of nitrogens with one attached hydrogen (secondary N) is 1. The van der Waals surface area contributed by atoms with Crippen molar-refractivity contribution < 1.29 is 14.1 Å². The van der Waals surface area contributed by atoms with Crippen molar-refractivity contribution in [2.75, 3.05) is 32.7 Å². The molecule has 0 unspecified atom stereocenters. The fraction of sp³-hybridized carbons (Fsp3) is 0.542. The molecule has 7 nitrogen and oxygen atoms in total. The molecule has 0 radical (unpaired) electrons. The van der Waals surface area contributed by atoms with Crippen LogP contribution < -0.4 is 5.32 Å². The van der Waals surface area contributed by atoms with Crippen molar-refractivity contribution in [1.82, 2.24) is 20.3 Å². The Hall–Kier alpha value is -2.83. The monoisotopic (exact) mass is 424 g/mol. The Labute approximate surface area is 183 Å². The van der Waals surface area contributed by atoms with E-state index in [0.29, 0.717) is 38.4 Å². The Kier molecular flexibility index (Phi) is 6.30. The van der Waals surface area contributed by atoms with Crippen LogP contribution in [0.15, 0.2) is 34.9 Å². The fourth-order valence-corrected chi connectivity index (χ4v) is 5.03. The van der Waals surface area contributed by atoms with E-state index in [2.05, 4.69) is 41.7 Å². The van der Waals surface area contributed by atoms with Gasteiger partial charge in [-0.15, -0.1) is 0 Å². The highest BCUT2D eigenvalue weighted by Crippen LogP contribution is 2.40. The third-order valence-electron chi connectivity index (χ3n) is 6.80. The standard InChI is InChI=1S/C24H32N4O3/c1-18-8-4-5-9-20(18)24(10-6-3-7-11-24)17-25-23(30)28-14-12-27(13-15-28)22(29)21-16-19(2)26-31-21/h4-5,8-9,16H,3,6-7,10-15,17H2,1-2H3,(H,25,30). The molecule has 1 N–H and O–H groups in total. The van der Waals surface area contributed by atoms with Crippen LogP contribution in [-0.4, -0.2) is 59.6 Å². The molecule has 1 aromatic heterocycles. The van der Waals surface area contributed by atoms with Gasteiger partial charge in [0.25, 0.3) is 5.91 Å². The molecule has 1 aliphatic heterocycles. The summed E-state index contributed by atoms with van der Waals surface area (Å²) in [6.07, 6.45) is 5.88. The number of nitrogens with zero attached hydrogens (tertiary/aromatic N) is 3. The minimum atomic E-state index is -0.165. The normalized spacial score (nSPS) is 18.6. The molecule has 0 spiro atoms. The molecule has 166 valence electrons. The molecule has 0 atom stereocenters. The van der Waals surface area contributed by atoms with Crippen LogP contribution in [0.25, 0.3) is 0 Å². The van der Waals surface area contributed by atoms with Gasteiger partial charge < -0.3 is 19.6 Å². The molecule has 2 heterocycles. The van der Waals surface area contributed by atoms with E-state index in [1.54, 1.807) is 17.9 Å². The number of rotatable bonds is 4. The lowest BCUT2D eigenvalue weighted by atomic mass is 9.68. The zero-order valence-electron chi connectivity index (χ0n) is 18.5. The highest BCUT2D eigenvalue weighted by Gasteiger charge is 2.36. The van der Waals surface area contributed by atoms with Gasteiger partial charge in [-0.25, -0.2) is 4.79 Å². The van der Waals surface area contributed by atoms with Gasteiger partial charge in [-0.2, -0.15) is 0 Å². The molecule has 7 heteroatoms. The van der Waals surface area contributed by atoms with Gasteiger partial charge in [0, 0.05) is 44.2 Å². The van der Waals surface area contributed by atoms with Gasteiger partial charge in [0.15, 0.2) is 0 Å². The first-order chi connectivity index (χ1) is 15.0. The quantitative estimate of drug-likeness (QED) is 0.812. The van der Waals surface area contributed by atoms with E-state index in [1.807, 2.05) is 4.90 Å². The lowest BCUT2D eigenvalue weighted by molar-refractivity contribution is 0.0623. The number of benzene rings is 1. The first-order valence-electron chi connectivity index (χ1n) is 11.3. The zero-order chi connectivity index (χ0) is 21.8. The minimum absolute atomic E-state index is 0.0151. The molecule has 2 aromatic rings. The maximum Gasteiger partial charge on any atom is 0.317 e. The summed E-state index contributed by atoms with van der Waals surface area (Å²) in [6, 6.07) is 10.2. The number of carbonyl (C=O) groups excluding carboxylic acids is 2. The van der Waals surface area contributed by atoms with Crippen LogP contribution in [0.1, 0.15) is 59.5 Å². The van der Waals surface area contributed by atoms with Gasteiger partial charge >= 0.3 is 6.03 Å². The number of hydrogen-bond acceptors (Lipinski definition) is 4. The number of piperazine rings is 1. The molecular weight excluding hydrogens is 392 g/mol. The molecule has 2 aliphatic rings. The molecule has 1 saturated heterocycles. The molecule has 2 fully saturated rings. The third-order valence-corrected chi connectivity index (χ3v) is 6.80. The number of aromatic nitrogens is 1. The second kappa shape index (κ2) is 9.12.